The molecule has 0 fully saturated rings. The Kier molecular flexibility index (Phi) is 5.18. The van der Waals surface area contributed by atoms with Gasteiger partial charge in [0, 0.05) is 22.4 Å². The van der Waals surface area contributed by atoms with E-state index in [1.54, 1.807) is 6.20 Å². The highest BCUT2D eigenvalue weighted by molar-refractivity contribution is 9.11. The van der Waals surface area contributed by atoms with E-state index in [1.807, 2.05) is 6.07 Å². The molecule has 0 spiro atoms. The maximum Gasteiger partial charge on any atom is 0.251 e. The number of aromatic nitrogens is 3. The van der Waals surface area contributed by atoms with E-state index < -0.39 is 0 Å². The highest BCUT2D eigenvalue weighted by Crippen LogP contribution is 2.30. The van der Waals surface area contributed by atoms with Crippen molar-refractivity contribution >= 4 is 43.6 Å². The van der Waals surface area contributed by atoms with Crippen LogP contribution in [0.4, 0.5) is 0 Å². The van der Waals surface area contributed by atoms with Gasteiger partial charge in [0.25, 0.3) is 5.56 Å². The molecule has 0 atom stereocenters. The molecule has 2 aromatic rings. The third-order valence-electron chi connectivity index (χ3n) is 2.25. The average molecular weight is 405 g/mol. The summed E-state index contributed by atoms with van der Waals surface area (Å²) in [6.07, 6.45) is 3.47. The summed E-state index contributed by atoms with van der Waals surface area (Å²) in [6.45, 7) is 2.06. The Morgan fingerprint density at radius 2 is 2.16 bits per heavy atom. The minimum absolute atomic E-state index is 0.130. The Morgan fingerprint density at radius 3 is 2.84 bits per heavy atom. The molecule has 0 aliphatic carbocycles. The fourth-order valence-electron chi connectivity index (χ4n) is 1.48. The Bertz CT molecular complexity index is 645. The molecule has 0 saturated heterocycles. The summed E-state index contributed by atoms with van der Waals surface area (Å²) in [5.74, 6) is 0. The first-order chi connectivity index (χ1) is 9.08. The van der Waals surface area contributed by atoms with Crippen molar-refractivity contribution in [3.05, 3.63) is 43.3 Å². The van der Waals surface area contributed by atoms with Gasteiger partial charge < -0.3 is 4.98 Å². The first-order valence-electron chi connectivity index (χ1n) is 5.67. The van der Waals surface area contributed by atoms with Crippen molar-refractivity contribution in [3.63, 3.8) is 0 Å². The molecule has 0 amide bonds. The number of H-pyrrole nitrogens is 1. The van der Waals surface area contributed by atoms with E-state index in [0.717, 1.165) is 32.5 Å². The summed E-state index contributed by atoms with van der Waals surface area (Å²) < 4.78 is 1.75. The van der Waals surface area contributed by atoms with Crippen LogP contribution in [0.25, 0.3) is 0 Å². The largest absolute Gasteiger partial charge is 0.301 e. The topological polar surface area (TPSA) is 58.6 Å². The lowest BCUT2D eigenvalue weighted by atomic mass is 10.2. The van der Waals surface area contributed by atoms with Crippen LogP contribution in [0.5, 0.6) is 0 Å². The number of aromatic amines is 1. The monoisotopic (exact) mass is 403 g/mol. The van der Waals surface area contributed by atoms with Gasteiger partial charge in [-0.15, -0.1) is 0 Å². The van der Waals surface area contributed by atoms with Crippen LogP contribution in [-0.4, -0.2) is 15.0 Å². The number of nitrogens with zero attached hydrogens (tertiary/aromatic N) is 2. The van der Waals surface area contributed by atoms with Crippen molar-refractivity contribution < 1.29 is 0 Å². The number of hydrogen-bond donors (Lipinski definition) is 1. The Hall–Kier alpha value is -0.660. The van der Waals surface area contributed by atoms with Gasteiger partial charge in [0.2, 0.25) is 0 Å². The lowest BCUT2D eigenvalue weighted by Crippen LogP contribution is -2.09. The number of nitrogens with one attached hydrogen (secondary N) is 1. The second-order valence-electron chi connectivity index (χ2n) is 3.83. The minimum atomic E-state index is -0.130. The van der Waals surface area contributed by atoms with Gasteiger partial charge in [0.15, 0.2) is 5.16 Å². The van der Waals surface area contributed by atoms with E-state index in [4.69, 9.17) is 0 Å². The predicted octanol–water partition coefficient (Wildman–Crippen LogP) is 3.79. The van der Waals surface area contributed by atoms with Crippen LogP contribution in [0.3, 0.4) is 0 Å². The van der Waals surface area contributed by atoms with Crippen molar-refractivity contribution in [1.29, 1.82) is 0 Å². The minimum Gasteiger partial charge on any atom is -0.301 e. The summed E-state index contributed by atoms with van der Waals surface area (Å²) in [6, 6.07) is 3.45. The van der Waals surface area contributed by atoms with Crippen LogP contribution in [-0.2, 0) is 6.42 Å². The molecule has 0 unspecified atom stereocenters. The van der Waals surface area contributed by atoms with Crippen LogP contribution in [0, 0.1) is 0 Å². The van der Waals surface area contributed by atoms with E-state index in [2.05, 4.69) is 53.7 Å². The summed E-state index contributed by atoms with van der Waals surface area (Å²) in [7, 11) is 0. The summed E-state index contributed by atoms with van der Waals surface area (Å²) in [5, 5.41) is 1.33. The molecule has 4 nitrogen and oxygen atoms in total. The summed E-state index contributed by atoms with van der Waals surface area (Å²) in [5.41, 5.74) is 0.677. The molecule has 1 N–H and O–H groups in total. The molecule has 0 bridgehead atoms. The molecule has 19 heavy (non-hydrogen) atoms. The maximum absolute atomic E-state index is 11.6. The quantitative estimate of drug-likeness (QED) is 0.787. The fraction of sp³-hybridized carbons (Fsp3) is 0.250. The van der Waals surface area contributed by atoms with Crippen molar-refractivity contribution in [2.75, 3.05) is 0 Å². The van der Waals surface area contributed by atoms with E-state index >= 15 is 0 Å². The van der Waals surface area contributed by atoms with Crippen LogP contribution >= 0.6 is 43.6 Å². The third kappa shape index (κ3) is 4.15. The molecule has 0 aromatic carbocycles. The molecular formula is C12H11Br2N3OS. The van der Waals surface area contributed by atoms with Gasteiger partial charge in [-0.3, -0.25) is 4.79 Å². The molecule has 0 saturated carbocycles. The van der Waals surface area contributed by atoms with E-state index in [1.165, 1.54) is 17.8 Å². The molecule has 2 aromatic heterocycles. The van der Waals surface area contributed by atoms with Crippen molar-refractivity contribution in [2.24, 2.45) is 0 Å². The molecule has 2 heterocycles. The fourth-order valence-corrected chi connectivity index (χ4v) is 3.47. The lowest BCUT2D eigenvalue weighted by molar-refractivity contribution is 0.815. The number of pyridine rings is 1. The Balaban J connectivity index is 2.30. The van der Waals surface area contributed by atoms with Gasteiger partial charge in [-0.2, -0.15) is 0 Å². The highest BCUT2D eigenvalue weighted by atomic mass is 79.9. The molecule has 0 aliphatic heterocycles. The number of hydrogen-bond acceptors (Lipinski definition) is 4. The summed E-state index contributed by atoms with van der Waals surface area (Å²) >= 11 is 8.12. The van der Waals surface area contributed by atoms with Gasteiger partial charge in [-0.05, 0) is 56.1 Å². The van der Waals surface area contributed by atoms with Gasteiger partial charge >= 0.3 is 0 Å². The van der Waals surface area contributed by atoms with Crippen molar-refractivity contribution in [2.45, 2.75) is 29.9 Å². The van der Waals surface area contributed by atoms with Gasteiger partial charge in [-0.25, -0.2) is 9.97 Å². The maximum atomic E-state index is 11.6. The van der Waals surface area contributed by atoms with Gasteiger partial charge in [0.05, 0.1) is 4.47 Å². The van der Waals surface area contributed by atoms with E-state index in [9.17, 15) is 4.79 Å². The predicted molar refractivity (Wildman–Crippen MR) is 82.6 cm³/mol. The zero-order valence-electron chi connectivity index (χ0n) is 10.1. The first kappa shape index (κ1) is 14.7. The van der Waals surface area contributed by atoms with Crippen LogP contribution in [0.2, 0.25) is 0 Å². The zero-order chi connectivity index (χ0) is 13.8. The third-order valence-corrected chi connectivity index (χ3v) is 4.45. The smallest absolute Gasteiger partial charge is 0.251 e. The number of rotatable bonds is 4. The van der Waals surface area contributed by atoms with Crippen LogP contribution in [0.15, 0.2) is 42.3 Å². The molecule has 7 heteroatoms. The SMILES string of the molecule is CCCc1cc(=O)[nH]c(Sc2ncc(Br)cc2Br)n1. The second kappa shape index (κ2) is 6.67. The van der Waals surface area contributed by atoms with Gasteiger partial charge in [-0.1, -0.05) is 13.3 Å². The highest BCUT2D eigenvalue weighted by Gasteiger charge is 2.08. The molecule has 2 rings (SSSR count). The normalized spacial score (nSPS) is 10.7. The zero-order valence-corrected chi connectivity index (χ0v) is 14.1. The Morgan fingerprint density at radius 1 is 1.37 bits per heavy atom. The average Bonchev–Trinajstić information content (AvgIpc) is 2.32. The van der Waals surface area contributed by atoms with Crippen LogP contribution < -0.4 is 5.56 Å². The van der Waals surface area contributed by atoms with Crippen molar-refractivity contribution in [3.8, 4) is 0 Å². The lowest BCUT2D eigenvalue weighted by Gasteiger charge is -2.04. The molecular weight excluding hydrogens is 394 g/mol. The number of aryl methyl sites for hydroxylation is 1. The van der Waals surface area contributed by atoms with Crippen molar-refractivity contribution in [1.82, 2.24) is 15.0 Å². The molecule has 100 valence electrons. The van der Waals surface area contributed by atoms with E-state index in [-0.39, 0.29) is 5.56 Å². The van der Waals surface area contributed by atoms with Gasteiger partial charge in [0.1, 0.15) is 5.03 Å². The van der Waals surface area contributed by atoms with E-state index in [0.29, 0.717) is 5.16 Å². The summed E-state index contributed by atoms with van der Waals surface area (Å²) in [4.78, 5) is 23.0. The Labute approximate surface area is 131 Å². The molecule has 0 aliphatic rings. The standard InChI is InChI=1S/C12H11Br2N3OS/c1-2-3-8-5-10(18)17-12(16-8)19-11-9(14)4-7(13)6-15-11/h4-6H,2-3H2,1H3,(H,16,17,18). The van der Waals surface area contributed by atoms with Crippen LogP contribution in [0.1, 0.15) is 19.0 Å². The number of halogens is 2. The first-order valence-corrected chi connectivity index (χ1v) is 8.08. The second-order valence-corrected chi connectivity index (χ2v) is 6.58. The molecule has 0 radical (unpaired) electrons.